The molecule has 0 saturated heterocycles. The molecule has 4 nitrogen and oxygen atoms in total. The van der Waals surface area contributed by atoms with E-state index in [9.17, 15) is 0 Å². The predicted molar refractivity (Wildman–Crippen MR) is 56.7 cm³/mol. The van der Waals surface area contributed by atoms with E-state index in [4.69, 9.17) is 16.3 Å². The van der Waals surface area contributed by atoms with Crippen molar-refractivity contribution in [2.24, 2.45) is 0 Å². The van der Waals surface area contributed by atoms with Crippen LogP contribution in [0.25, 0.3) is 0 Å². The van der Waals surface area contributed by atoms with Crippen LogP contribution in [0.4, 0.5) is 5.82 Å². The van der Waals surface area contributed by atoms with E-state index in [-0.39, 0.29) is 11.3 Å². The second kappa shape index (κ2) is 5.12. The van der Waals surface area contributed by atoms with Crippen LogP contribution in [0.15, 0.2) is 6.20 Å². The van der Waals surface area contributed by atoms with E-state index in [1.165, 1.54) is 0 Å². The first-order chi connectivity index (χ1) is 6.63. The maximum Gasteiger partial charge on any atom is 0.224 e. The Morgan fingerprint density at radius 2 is 2.36 bits per heavy atom. The summed E-state index contributed by atoms with van der Waals surface area (Å²) < 4.78 is 5.01. The van der Waals surface area contributed by atoms with Gasteiger partial charge in [-0.05, 0) is 25.4 Å². The summed E-state index contributed by atoms with van der Waals surface area (Å²) in [6.07, 6.45) is 1.69. The summed E-state index contributed by atoms with van der Waals surface area (Å²) in [6.45, 7) is 4.57. The topological polar surface area (TPSA) is 47.0 Å². The highest BCUT2D eigenvalue weighted by atomic mass is 35.5. The van der Waals surface area contributed by atoms with Crippen molar-refractivity contribution >= 4 is 17.4 Å². The third-order valence-electron chi connectivity index (χ3n) is 1.74. The van der Waals surface area contributed by atoms with Crippen molar-refractivity contribution < 1.29 is 4.74 Å². The number of aryl methyl sites for hydroxylation is 1. The van der Waals surface area contributed by atoms with Crippen molar-refractivity contribution in [1.29, 1.82) is 0 Å². The van der Waals surface area contributed by atoms with Gasteiger partial charge >= 0.3 is 0 Å². The first-order valence-corrected chi connectivity index (χ1v) is 4.76. The number of nitrogens with one attached hydrogen (secondary N) is 1. The monoisotopic (exact) mass is 215 g/mol. The maximum atomic E-state index is 5.68. The van der Waals surface area contributed by atoms with Gasteiger partial charge in [-0.25, -0.2) is 9.97 Å². The van der Waals surface area contributed by atoms with Gasteiger partial charge in [-0.2, -0.15) is 0 Å². The summed E-state index contributed by atoms with van der Waals surface area (Å²) in [5, 5.41) is 3.44. The highest BCUT2D eigenvalue weighted by Gasteiger charge is 2.06. The molecule has 0 aliphatic rings. The molecular formula is C9H14ClN3O. The van der Waals surface area contributed by atoms with E-state index in [2.05, 4.69) is 15.3 Å². The lowest BCUT2D eigenvalue weighted by molar-refractivity contribution is 0.190. The van der Waals surface area contributed by atoms with Crippen LogP contribution in [0.1, 0.15) is 12.5 Å². The van der Waals surface area contributed by atoms with Crippen molar-refractivity contribution in [2.75, 3.05) is 19.0 Å². The zero-order chi connectivity index (χ0) is 10.6. The van der Waals surface area contributed by atoms with E-state index in [0.717, 1.165) is 11.4 Å². The number of ether oxygens (including phenoxy) is 1. The first-order valence-electron chi connectivity index (χ1n) is 4.38. The molecule has 0 amide bonds. The van der Waals surface area contributed by atoms with E-state index in [0.29, 0.717) is 6.61 Å². The van der Waals surface area contributed by atoms with Gasteiger partial charge in [0.05, 0.1) is 6.61 Å². The lowest BCUT2D eigenvalue weighted by atomic mass is 10.3. The van der Waals surface area contributed by atoms with E-state index < -0.39 is 0 Å². The fraction of sp³-hybridized carbons (Fsp3) is 0.556. The molecule has 0 bridgehead atoms. The number of methoxy groups -OCH3 is 1. The largest absolute Gasteiger partial charge is 0.383 e. The first kappa shape index (κ1) is 11.2. The van der Waals surface area contributed by atoms with Crippen molar-refractivity contribution in [3.05, 3.63) is 17.0 Å². The molecule has 0 aliphatic carbocycles. The molecule has 1 unspecified atom stereocenters. The number of anilines is 1. The van der Waals surface area contributed by atoms with Crippen molar-refractivity contribution in [1.82, 2.24) is 9.97 Å². The molecule has 1 N–H and O–H groups in total. The maximum absolute atomic E-state index is 5.68. The van der Waals surface area contributed by atoms with Gasteiger partial charge in [-0.15, -0.1) is 0 Å². The van der Waals surface area contributed by atoms with Gasteiger partial charge in [-0.3, -0.25) is 0 Å². The van der Waals surface area contributed by atoms with Crippen molar-refractivity contribution in [2.45, 2.75) is 19.9 Å². The van der Waals surface area contributed by atoms with Gasteiger partial charge in [0.2, 0.25) is 5.28 Å². The Morgan fingerprint density at radius 1 is 1.64 bits per heavy atom. The van der Waals surface area contributed by atoms with Crippen LogP contribution in [0.5, 0.6) is 0 Å². The minimum atomic E-state index is 0.199. The average molecular weight is 216 g/mol. The summed E-state index contributed by atoms with van der Waals surface area (Å²) >= 11 is 5.68. The number of rotatable bonds is 4. The van der Waals surface area contributed by atoms with Crippen LogP contribution in [0, 0.1) is 6.92 Å². The Kier molecular flexibility index (Phi) is 4.10. The van der Waals surface area contributed by atoms with E-state index in [1.807, 2.05) is 13.8 Å². The van der Waals surface area contributed by atoms with Gasteiger partial charge < -0.3 is 10.1 Å². The Bertz CT molecular complexity index is 306. The minimum Gasteiger partial charge on any atom is -0.383 e. The van der Waals surface area contributed by atoms with Gasteiger partial charge in [0, 0.05) is 24.9 Å². The molecule has 0 radical (unpaired) electrons. The highest BCUT2D eigenvalue weighted by molar-refractivity contribution is 6.28. The van der Waals surface area contributed by atoms with Crippen LogP contribution in [0.2, 0.25) is 5.28 Å². The number of hydrogen-bond acceptors (Lipinski definition) is 4. The fourth-order valence-electron chi connectivity index (χ4n) is 1.09. The van der Waals surface area contributed by atoms with Crippen LogP contribution in [-0.2, 0) is 4.74 Å². The molecule has 0 fully saturated rings. The van der Waals surface area contributed by atoms with Gasteiger partial charge in [-0.1, -0.05) is 0 Å². The standard InChI is InChI=1S/C9H14ClN3O/c1-6-4-11-9(10)13-8(6)12-7(2)5-14-3/h4,7H,5H2,1-3H3,(H,11,12,13). The molecule has 1 atom stereocenters. The van der Waals surface area contributed by atoms with Crippen LogP contribution < -0.4 is 5.32 Å². The van der Waals surface area contributed by atoms with Crippen LogP contribution in [-0.4, -0.2) is 29.7 Å². The normalized spacial score (nSPS) is 12.6. The highest BCUT2D eigenvalue weighted by Crippen LogP contribution is 2.13. The summed E-state index contributed by atoms with van der Waals surface area (Å²) in [4.78, 5) is 7.96. The molecule has 14 heavy (non-hydrogen) atoms. The molecule has 1 aromatic rings. The van der Waals surface area contributed by atoms with Crippen molar-refractivity contribution in [3.63, 3.8) is 0 Å². The lowest BCUT2D eigenvalue weighted by Gasteiger charge is -2.14. The number of nitrogens with zero attached hydrogens (tertiary/aromatic N) is 2. The zero-order valence-corrected chi connectivity index (χ0v) is 9.30. The third-order valence-corrected chi connectivity index (χ3v) is 1.92. The third kappa shape index (κ3) is 3.12. The van der Waals surface area contributed by atoms with Gasteiger partial charge in [0.1, 0.15) is 5.82 Å². The van der Waals surface area contributed by atoms with E-state index in [1.54, 1.807) is 13.3 Å². The second-order valence-electron chi connectivity index (χ2n) is 3.17. The van der Waals surface area contributed by atoms with Crippen LogP contribution in [0.3, 0.4) is 0 Å². The van der Waals surface area contributed by atoms with E-state index >= 15 is 0 Å². The number of halogens is 1. The molecule has 5 heteroatoms. The molecule has 1 heterocycles. The van der Waals surface area contributed by atoms with Gasteiger partial charge in [0.15, 0.2) is 0 Å². The fourth-order valence-corrected chi connectivity index (χ4v) is 1.23. The van der Waals surface area contributed by atoms with Gasteiger partial charge in [0.25, 0.3) is 0 Å². The van der Waals surface area contributed by atoms with Crippen molar-refractivity contribution in [3.8, 4) is 0 Å². The zero-order valence-electron chi connectivity index (χ0n) is 8.54. The summed E-state index contributed by atoms with van der Waals surface area (Å²) in [7, 11) is 1.66. The number of aromatic nitrogens is 2. The summed E-state index contributed by atoms with van der Waals surface area (Å²) in [6, 6.07) is 0.199. The van der Waals surface area contributed by atoms with Crippen LogP contribution >= 0.6 is 11.6 Å². The number of hydrogen-bond donors (Lipinski definition) is 1. The predicted octanol–water partition coefficient (Wildman–Crippen LogP) is 1.89. The SMILES string of the molecule is COCC(C)Nc1nc(Cl)ncc1C. The molecule has 0 saturated carbocycles. The second-order valence-corrected chi connectivity index (χ2v) is 3.51. The Balaban J connectivity index is 2.70. The molecular weight excluding hydrogens is 202 g/mol. The molecule has 78 valence electrons. The minimum absolute atomic E-state index is 0.199. The molecule has 0 spiro atoms. The average Bonchev–Trinajstić information content (AvgIpc) is 2.12. The Labute approximate surface area is 88.7 Å². The summed E-state index contributed by atoms with van der Waals surface area (Å²) in [5.41, 5.74) is 0.970. The molecule has 0 aromatic carbocycles. The Hall–Kier alpha value is -0.870. The Morgan fingerprint density at radius 3 is 3.00 bits per heavy atom. The quantitative estimate of drug-likeness (QED) is 0.780. The smallest absolute Gasteiger partial charge is 0.224 e. The molecule has 0 aliphatic heterocycles. The molecule has 1 aromatic heterocycles. The lowest BCUT2D eigenvalue weighted by Crippen LogP contribution is -2.22. The molecule has 1 rings (SSSR count). The summed E-state index contributed by atoms with van der Waals surface area (Å²) in [5.74, 6) is 0.759.